The maximum Gasteiger partial charge on any atom is 0.175 e. The number of sulfone groups is 1. The Morgan fingerprint density at radius 2 is 1.71 bits per heavy atom. The zero-order chi connectivity index (χ0) is 10.2. The van der Waals surface area contributed by atoms with Crippen LogP contribution < -0.4 is 0 Å². The van der Waals surface area contributed by atoms with Gasteiger partial charge in [0.1, 0.15) is 0 Å². The second kappa shape index (κ2) is 3.39. The van der Waals surface area contributed by atoms with Gasteiger partial charge in [0, 0.05) is 6.26 Å². The minimum atomic E-state index is -3.03. The predicted octanol–water partition coefficient (Wildman–Crippen LogP) is 2.36. The molecule has 1 aromatic rings. The molecule has 0 aliphatic heterocycles. The molecule has 0 heterocycles. The van der Waals surface area contributed by atoms with Gasteiger partial charge in [-0.1, -0.05) is 18.6 Å². The molecule has 14 heavy (non-hydrogen) atoms. The first-order chi connectivity index (χ1) is 6.57. The van der Waals surface area contributed by atoms with Crippen molar-refractivity contribution in [2.45, 2.75) is 30.1 Å². The van der Waals surface area contributed by atoms with Crippen molar-refractivity contribution >= 4 is 9.84 Å². The average molecular weight is 210 g/mol. The van der Waals surface area contributed by atoms with Crippen LogP contribution in [0.25, 0.3) is 0 Å². The van der Waals surface area contributed by atoms with E-state index < -0.39 is 9.84 Å². The Morgan fingerprint density at radius 1 is 1.14 bits per heavy atom. The molecule has 0 N–H and O–H groups in total. The lowest BCUT2D eigenvalue weighted by Gasteiger charge is -2.25. The minimum Gasteiger partial charge on any atom is -0.224 e. The van der Waals surface area contributed by atoms with Gasteiger partial charge in [0.2, 0.25) is 0 Å². The van der Waals surface area contributed by atoms with Crippen molar-refractivity contribution in [3.63, 3.8) is 0 Å². The van der Waals surface area contributed by atoms with Crippen LogP contribution in [0.5, 0.6) is 0 Å². The van der Waals surface area contributed by atoms with Crippen molar-refractivity contribution in [1.82, 2.24) is 0 Å². The molecule has 0 saturated heterocycles. The highest BCUT2D eigenvalue weighted by Gasteiger charge is 2.19. The van der Waals surface area contributed by atoms with Gasteiger partial charge in [0.25, 0.3) is 0 Å². The van der Waals surface area contributed by atoms with Crippen LogP contribution in [0.2, 0.25) is 0 Å². The van der Waals surface area contributed by atoms with Gasteiger partial charge in [-0.05, 0) is 36.5 Å². The molecule has 2 rings (SSSR count). The van der Waals surface area contributed by atoms with E-state index >= 15 is 0 Å². The molecule has 0 unspecified atom stereocenters. The van der Waals surface area contributed by atoms with Crippen LogP contribution in [0.1, 0.15) is 30.7 Å². The standard InChI is InChI=1S/C11H14O2S/c1-14(12,13)11-7-5-10(6-8-11)9-3-2-4-9/h5-9H,2-4H2,1H3. The summed E-state index contributed by atoms with van der Waals surface area (Å²) in [5.41, 5.74) is 1.28. The summed E-state index contributed by atoms with van der Waals surface area (Å²) in [5, 5.41) is 0. The zero-order valence-corrected chi connectivity index (χ0v) is 9.05. The maximum absolute atomic E-state index is 11.2. The highest BCUT2D eigenvalue weighted by Crippen LogP contribution is 2.36. The van der Waals surface area contributed by atoms with E-state index in [1.807, 2.05) is 12.1 Å². The van der Waals surface area contributed by atoms with Gasteiger partial charge in [-0.2, -0.15) is 0 Å². The lowest BCUT2D eigenvalue weighted by molar-refractivity contribution is 0.419. The van der Waals surface area contributed by atoms with Crippen LogP contribution in [0, 0.1) is 0 Å². The van der Waals surface area contributed by atoms with E-state index in [1.54, 1.807) is 12.1 Å². The van der Waals surface area contributed by atoms with Crippen LogP contribution in [0.4, 0.5) is 0 Å². The molecule has 0 aromatic heterocycles. The molecule has 0 bridgehead atoms. The normalized spacial score (nSPS) is 17.8. The third-order valence-electron chi connectivity index (χ3n) is 2.88. The Morgan fingerprint density at radius 3 is 2.07 bits per heavy atom. The van der Waals surface area contributed by atoms with Gasteiger partial charge in [0.15, 0.2) is 9.84 Å². The molecule has 1 aliphatic carbocycles. The quantitative estimate of drug-likeness (QED) is 0.751. The Bertz CT molecular complexity index is 413. The molecule has 0 radical (unpaired) electrons. The number of hydrogen-bond acceptors (Lipinski definition) is 2. The molecule has 76 valence electrons. The van der Waals surface area contributed by atoms with E-state index in [0.717, 1.165) is 0 Å². The molecule has 1 aliphatic rings. The average Bonchev–Trinajstić information content (AvgIpc) is 2.00. The fourth-order valence-electron chi connectivity index (χ4n) is 1.73. The Balaban J connectivity index is 2.26. The number of hydrogen-bond donors (Lipinski definition) is 0. The Labute approximate surface area is 84.9 Å². The predicted molar refractivity (Wildman–Crippen MR) is 56.1 cm³/mol. The van der Waals surface area contributed by atoms with Crippen LogP contribution >= 0.6 is 0 Å². The summed E-state index contributed by atoms with van der Waals surface area (Å²) in [4.78, 5) is 0.417. The fourth-order valence-corrected chi connectivity index (χ4v) is 2.36. The first-order valence-electron chi connectivity index (χ1n) is 4.87. The first kappa shape index (κ1) is 9.71. The van der Waals surface area contributed by atoms with Crippen molar-refractivity contribution in [1.29, 1.82) is 0 Å². The third-order valence-corrected chi connectivity index (χ3v) is 4.01. The van der Waals surface area contributed by atoms with Gasteiger partial charge in [0.05, 0.1) is 4.90 Å². The van der Waals surface area contributed by atoms with E-state index in [1.165, 1.54) is 31.1 Å². The van der Waals surface area contributed by atoms with E-state index in [-0.39, 0.29) is 0 Å². The second-order valence-corrected chi connectivity index (χ2v) is 5.98. The molecule has 0 atom stereocenters. The van der Waals surface area contributed by atoms with Crippen LogP contribution in [-0.4, -0.2) is 14.7 Å². The van der Waals surface area contributed by atoms with Crippen molar-refractivity contribution in [3.8, 4) is 0 Å². The summed E-state index contributed by atoms with van der Waals surface area (Å²) in [5.74, 6) is 0.670. The molecule has 1 fully saturated rings. The molecule has 2 nitrogen and oxygen atoms in total. The highest BCUT2D eigenvalue weighted by molar-refractivity contribution is 7.90. The fraction of sp³-hybridized carbons (Fsp3) is 0.455. The van der Waals surface area contributed by atoms with Gasteiger partial charge in [-0.3, -0.25) is 0 Å². The lowest BCUT2D eigenvalue weighted by atomic mass is 9.80. The smallest absolute Gasteiger partial charge is 0.175 e. The van der Waals surface area contributed by atoms with E-state index in [4.69, 9.17) is 0 Å². The van der Waals surface area contributed by atoms with Gasteiger partial charge < -0.3 is 0 Å². The highest BCUT2D eigenvalue weighted by atomic mass is 32.2. The van der Waals surface area contributed by atoms with Gasteiger partial charge >= 0.3 is 0 Å². The third kappa shape index (κ3) is 1.82. The topological polar surface area (TPSA) is 34.1 Å². The molecule has 1 saturated carbocycles. The van der Waals surface area contributed by atoms with E-state index in [9.17, 15) is 8.42 Å². The second-order valence-electron chi connectivity index (χ2n) is 3.97. The zero-order valence-electron chi connectivity index (χ0n) is 8.23. The molecular weight excluding hydrogens is 196 g/mol. The molecule has 1 aromatic carbocycles. The number of rotatable bonds is 2. The van der Waals surface area contributed by atoms with Crippen molar-refractivity contribution in [2.75, 3.05) is 6.26 Å². The first-order valence-corrected chi connectivity index (χ1v) is 6.76. The van der Waals surface area contributed by atoms with Crippen molar-refractivity contribution < 1.29 is 8.42 Å². The maximum atomic E-state index is 11.2. The van der Waals surface area contributed by atoms with Crippen LogP contribution in [-0.2, 0) is 9.84 Å². The summed E-state index contributed by atoms with van der Waals surface area (Å²) in [6, 6.07) is 7.31. The molecular formula is C11H14O2S. The lowest BCUT2D eigenvalue weighted by Crippen LogP contribution is -2.08. The van der Waals surface area contributed by atoms with Gasteiger partial charge in [-0.25, -0.2) is 8.42 Å². The minimum absolute atomic E-state index is 0.417. The van der Waals surface area contributed by atoms with Gasteiger partial charge in [-0.15, -0.1) is 0 Å². The van der Waals surface area contributed by atoms with Crippen molar-refractivity contribution in [3.05, 3.63) is 29.8 Å². The summed E-state index contributed by atoms with van der Waals surface area (Å²) < 4.78 is 22.4. The van der Waals surface area contributed by atoms with Crippen molar-refractivity contribution in [2.24, 2.45) is 0 Å². The Hall–Kier alpha value is -0.830. The molecule has 0 spiro atoms. The largest absolute Gasteiger partial charge is 0.224 e. The molecule has 0 amide bonds. The molecule has 3 heteroatoms. The SMILES string of the molecule is CS(=O)(=O)c1ccc(C2CCC2)cc1. The monoisotopic (exact) mass is 210 g/mol. The summed E-state index contributed by atoms with van der Waals surface area (Å²) in [6.07, 6.45) is 5.04. The summed E-state index contributed by atoms with van der Waals surface area (Å²) >= 11 is 0. The van der Waals surface area contributed by atoms with E-state index in [0.29, 0.717) is 10.8 Å². The summed E-state index contributed by atoms with van der Waals surface area (Å²) in [7, 11) is -3.03. The van der Waals surface area contributed by atoms with E-state index in [2.05, 4.69) is 0 Å². The Kier molecular flexibility index (Phi) is 2.35. The van der Waals surface area contributed by atoms with Crippen LogP contribution in [0.3, 0.4) is 0 Å². The number of benzene rings is 1. The van der Waals surface area contributed by atoms with Crippen LogP contribution in [0.15, 0.2) is 29.2 Å². The summed E-state index contributed by atoms with van der Waals surface area (Å²) in [6.45, 7) is 0.